The first kappa shape index (κ1) is 20.6. The van der Waals surface area contributed by atoms with Gasteiger partial charge in [0.15, 0.2) is 0 Å². The van der Waals surface area contributed by atoms with Crippen molar-refractivity contribution in [2.24, 2.45) is 0 Å². The second-order valence-electron chi connectivity index (χ2n) is 8.40. The Labute approximate surface area is 188 Å². The number of likely N-dealkylation sites (N-methyl/N-ethyl adjacent to an activating group) is 1. The molecule has 0 amide bonds. The van der Waals surface area contributed by atoms with E-state index in [1.807, 2.05) is 41.2 Å². The number of rotatable bonds is 5. The fourth-order valence-electron chi connectivity index (χ4n) is 4.31. The summed E-state index contributed by atoms with van der Waals surface area (Å²) in [6.07, 6.45) is 1.89. The summed E-state index contributed by atoms with van der Waals surface area (Å²) in [4.78, 5) is 4.76. The zero-order valence-electron chi connectivity index (χ0n) is 18.3. The third-order valence-electron chi connectivity index (χ3n) is 6.18. The van der Waals surface area contributed by atoms with Crippen LogP contribution in [0.5, 0.6) is 0 Å². The summed E-state index contributed by atoms with van der Waals surface area (Å²) in [5.41, 5.74) is 5.70. The molecule has 4 nitrogen and oxygen atoms in total. The van der Waals surface area contributed by atoms with Crippen LogP contribution < -0.4 is 0 Å². The standard InChI is InChI=1S/C27H27FN4/c1-30-15-17-31(18-16-30)20-23-19-29-32(27(23)25-9-5-6-10-26(25)28)24-13-11-22(12-14-24)21-7-3-2-4-8-21/h2-14,19H,15-18,20H2,1H3. The average Bonchev–Trinajstić information content (AvgIpc) is 3.25. The normalized spacial score (nSPS) is 15.2. The first-order chi connectivity index (χ1) is 15.7. The molecule has 32 heavy (non-hydrogen) atoms. The molecule has 2 heterocycles. The lowest BCUT2D eigenvalue weighted by molar-refractivity contribution is 0.148. The fraction of sp³-hybridized carbons (Fsp3) is 0.222. The molecule has 0 aliphatic carbocycles. The Hall–Kier alpha value is -3.28. The van der Waals surface area contributed by atoms with Crippen molar-refractivity contribution >= 4 is 0 Å². The minimum atomic E-state index is -0.227. The van der Waals surface area contributed by atoms with Crippen LogP contribution in [0.2, 0.25) is 0 Å². The summed E-state index contributed by atoms with van der Waals surface area (Å²) in [6.45, 7) is 4.86. The van der Waals surface area contributed by atoms with Crippen LogP contribution in [0.3, 0.4) is 0 Å². The Morgan fingerprint density at radius 1 is 0.781 bits per heavy atom. The minimum Gasteiger partial charge on any atom is -0.304 e. The van der Waals surface area contributed by atoms with Crippen molar-refractivity contribution in [2.75, 3.05) is 33.2 Å². The Balaban J connectivity index is 1.52. The highest BCUT2D eigenvalue weighted by Gasteiger charge is 2.21. The number of hydrogen-bond acceptors (Lipinski definition) is 3. The van der Waals surface area contributed by atoms with Crippen LogP contribution in [-0.2, 0) is 6.54 Å². The van der Waals surface area contributed by atoms with E-state index in [0.29, 0.717) is 5.56 Å². The van der Waals surface area contributed by atoms with E-state index in [4.69, 9.17) is 5.10 Å². The molecular weight excluding hydrogens is 399 g/mol. The number of hydrogen-bond donors (Lipinski definition) is 0. The van der Waals surface area contributed by atoms with Crippen molar-refractivity contribution in [1.82, 2.24) is 19.6 Å². The molecule has 1 fully saturated rings. The van der Waals surface area contributed by atoms with Crippen LogP contribution in [0.4, 0.5) is 4.39 Å². The molecule has 0 bridgehead atoms. The summed E-state index contributed by atoms with van der Waals surface area (Å²) in [6, 6.07) is 25.6. The molecule has 0 radical (unpaired) electrons. The van der Waals surface area contributed by atoms with Gasteiger partial charge in [-0.1, -0.05) is 54.6 Å². The minimum absolute atomic E-state index is 0.227. The van der Waals surface area contributed by atoms with Gasteiger partial charge >= 0.3 is 0 Å². The maximum Gasteiger partial charge on any atom is 0.132 e. The van der Waals surface area contributed by atoms with Crippen molar-refractivity contribution in [1.29, 1.82) is 0 Å². The van der Waals surface area contributed by atoms with Crippen LogP contribution in [0.15, 0.2) is 85.1 Å². The van der Waals surface area contributed by atoms with Crippen LogP contribution in [0.25, 0.3) is 28.1 Å². The summed E-state index contributed by atoms with van der Waals surface area (Å²) in [7, 11) is 2.15. The van der Waals surface area contributed by atoms with Crippen LogP contribution in [0, 0.1) is 5.82 Å². The molecule has 5 heteroatoms. The summed E-state index contributed by atoms with van der Waals surface area (Å²) in [5.74, 6) is -0.227. The third-order valence-corrected chi connectivity index (χ3v) is 6.18. The Bertz CT molecular complexity index is 1180. The molecular formula is C27H27FN4. The van der Waals surface area contributed by atoms with Crippen LogP contribution >= 0.6 is 0 Å². The topological polar surface area (TPSA) is 24.3 Å². The molecule has 1 aliphatic heterocycles. The number of benzene rings is 3. The zero-order chi connectivity index (χ0) is 21.9. The van der Waals surface area contributed by atoms with Crippen molar-refractivity contribution in [3.63, 3.8) is 0 Å². The number of aromatic nitrogens is 2. The molecule has 1 aliphatic rings. The van der Waals surface area contributed by atoms with Gasteiger partial charge in [-0.15, -0.1) is 0 Å². The highest BCUT2D eigenvalue weighted by Crippen LogP contribution is 2.31. The monoisotopic (exact) mass is 426 g/mol. The maximum atomic E-state index is 14.9. The van der Waals surface area contributed by atoms with E-state index in [1.54, 1.807) is 6.07 Å². The van der Waals surface area contributed by atoms with Crippen LogP contribution in [0.1, 0.15) is 5.56 Å². The largest absolute Gasteiger partial charge is 0.304 e. The lowest BCUT2D eigenvalue weighted by atomic mass is 10.0. The predicted octanol–water partition coefficient (Wildman–Crippen LogP) is 5.09. The van der Waals surface area contributed by atoms with E-state index in [9.17, 15) is 4.39 Å². The first-order valence-corrected chi connectivity index (χ1v) is 11.1. The van der Waals surface area contributed by atoms with Gasteiger partial charge in [-0.05, 0) is 42.4 Å². The molecule has 0 spiro atoms. The fourth-order valence-corrected chi connectivity index (χ4v) is 4.31. The average molecular weight is 427 g/mol. The van der Waals surface area contributed by atoms with Crippen molar-refractivity contribution in [2.45, 2.75) is 6.54 Å². The second kappa shape index (κ2) is 9.07. The van der Waals surface area contributed by atoms with Gasteiger partial charge < -0.3 is 4.90 Å². The highest BCUT2D eigenvalue weighted by molar-refractivity contribution is 5.68. The van der Waals surface area contributed by atoms with Gasteiger partial charge in [0.25, 0.3) is 0 Å². The number of nitrogens with zero attached hydrogens (tertiary/aromatic N) is 4. The lowest BCUT2D eigenvalue weighted by Gasteiger charge is -2.32. The van der Waals surface area contributed by atoms with Crippen LogP contribution in [-0.4, -0.2) is 52.8 Å². The molecule has 4 aromatic rings. The van der Waals surface area contributed by atoms with Gasteiger partial charge in [-0.3, -0.25) is 4.90 Å². The first-order valence-electron chi connectivity index (χ1n) is 11.1. The van der Waals surface area contributed by atoms with Gasteiger partial charge in [0.05, 0.1) is 17.6 Å². The predicted molar refractivity (Wildman–Crippen MR) is 127 cm³/mol. The van der Waals surface area contributed by atoms with E-state index in [-0.39, 0.29) is 5.82 Å². The lowest BCUT2D eigenvalue weighted by Crippen LogP contribution is -2.43. The molecule has 0 N–H and O–H groups in total. The molecule has 0 saturated carbocycles. The van der Waals surface area contributed by atoms with Gasteiger partial charge in [0.2, 0.25) is 0 Å². The van der Waals surface area contributed by atoms with E-state index in [0.717, 1.165) is 55.2 Å². The number of piperazine rings is 1. The Morgan fingerprint density at radius 3 is 2.16 bits per heavy atom. The van der Waals surface area contributed by atoms with Crippen molar-refractivity contribution < 1.29 is 4.39 Å². The van der Waals surface area contributed by atoms with E-state index >= 15 is 0 Å². The molecule has 3 aromatic carbocycles. The summed E-state index contributed by atoms with van der Waals surface area (Å²) < 4.78 is 16.8. The molecule has 1 aromatic heterocycles. The van der Waals surface area contributed by atoms with Crippen molar-refractivity contribution in [3.05, 3.63) is 96.4 Å². The molecule has 5 rings (SSSR count). The maximum absolute atomic E-state index is 14.9. The Morgan fingerprint density at radius 2 is 1.44 bits per heavy atom. The van der Waals surface area contributed by atoms with Gasteiger partial charge in [-0.2, -0.15) is 5.10 Å². The van der Waals surface area contributed by atoms with Gasteiger partial charge in [-0.25, -0.2) is 9.07 Å². The quantitative estimate of drug-likeness (QED) is 0.444. The molecule has 0 unspecified atom stereocenters. The Kier molecular flexibility index (Phi) is 5.84. The van der Waals surface area contributed by atoms with Gasteiger partial charge in [0, 0.05) is 43.9 Å². The van der Waals surface area contributed by atoms with Crippen molar-refractivity contribution in [3.8, 4) is 28.1 Å². The molecule has 1 saturated heterocycles. The second-order valence-corrected chi connectivity index (χ2v) is 8.40. The van der Waals surface area contributed by atoms with E-state index in [1.165, 1.54) is 11.6 Å². The molecule has 162 valence electrons. The summed E-state index contributed by atoms with van der Waals surface area (Å²) >= 11 is 0. The van der Waals surface area contributed by atoms with E-state index < -0.39 is 0 Å². The zero-order valence-corrected chi connectivity index (χ0v) is 18.3. The highest BCUT2D eigenvalue weighted by atomic mass is 19.1. The molecule has 0 atom stereocenters. The number of halogens is 1. The third kappa shape index (κ3) is 4.22. The summed E-state index contributed by atoms with van der Waals surface area (Å²) in [5, 5.41) is 4.70. The SMILES string of the molecule is CN1CCN(Cc2cnn(-c3ccc(-c4ccccc4)cc3)c2-c2ccccc2F)CC1. The van der Waals surface area contributed by atoms with E-state index in [2.05, 4.69) is 53.2 Å². The van der Waals surface area contributed by atoms with Gasteiger partial charge in [0.1, 0.15) is 5.82 Å². The smallest absolute Gasteiger partial charge is 0.132 e.